The van der Waals surface area contributed by atoms with Gasteiger partial charge in [0.2, 0.25) is 10.0 Å². The quantitative estimate of drug-likeness (QED) is 0.820. The Kier molecular flexibility index (Phi) is 4.50. The Morgan fingerprint density at radius 1 is 1.33 bits per heavy atom. The van der Waals surface area contributed by atoms with Crippen LogP contribution >= 0.6 is 0 Å². The van der Waals surface area contributed by atoms with Crippen LogP contribution in [0, 0.1) is 17.6 Å². The molecule has 0 amide bonds. The molecule has 1 aliphatic heterocycles. The molecule has 0 bridgehead atoms. The number of piperidine rings is 1. The first-order valence-electron chi connectivity index (χ1n) is 6.66. The number of hydrogen-bond donors (Lipinski definition) is 2. The molecular formula is C13H19F2N3O2S. The number of rotatable bonds is 3. The van der Waals surface area contributed by atoms with E-state index in [4.69, 9.17) is 5.73 Å². The molecule has 2 atom stereocenters. The number of sulfonamides is 1. The summed E-state index contributed by atoms with van der Waals surface area (Å²) in [7, 11) is -2.32. The third-order valence-corrected chi connectivity index (χ3v) is 5.24. The minimum atomic E-state index is -4.26. The Balaban J connectivity index is 2.27. The van der Waals surface area contributed by atoms with E-state index in [0.717, 1.165) is 25.2 Å². The molecule has 0 saturated carbocycles. The van der Waals surface area contributed by atoms with Crippen molar-refractivity contribution >= 4 is 15.7 Å². The van der Waals surface area contributed by atoms with E-state index in [1.165, 1.54) is 0 Å². The predicted octanol–water partition coefficient (Wildman–Crippen LogP) is 1.17. The molecule has 3 N–H and O–H groups in total. The number of benzene rings is 1. The molecule has 0 aromatic heterocycles. The van der Waals surface area contributed by atoms with Crippen molar-refractivity contribution < 1.29 is 17.2 Å². The van der Waals surface area contributed by atoms with Crippen molar-refractivity contribution in [3.63, 3.8) is 0 Å². The van der Waals surface area contributed by atoms with Crippen LogP contribution in [-0.4, -0.2) is 39.5 Å². The van der Waals surface area contributed by atoms with Crippen molar-refractivity contribution in [2.24, 2.45) is 5.92 Å². The highest BCUT2D eigenvalue weighted by molar-refractivity contribution is 7.89. The van der Waals surface area contributed by atoms with E-state index in [0.29, 0.717) is 6.42 Å². The van der Waals surface area contributed by atoms with E-state index >= 15 is 0 Å². The fourth-order valence-corrected chi connectivity index (χ4v) is 4.12. The van der Waals surface area contributed by atoms with Gasteiger partial charge in [-0.15, -0.1) is 0 Å². The number of halogens is 2. The third-order valence-electron chi connectivity index (χ3n) is 3.70. The zero-order valence-corrected chi connectivity index (χ0v) is 12.8. The van der Waals surface area contributed by atoms with Crippen LogP contribution in [0.3, 0.4) is 0 Å². The molecule has 118 valence electrons. The van der Waals surface area contributed by atoms with Gasteiger partial charge in [0.1, 0.15) is 11.6 Å². The van der Waals surface area contributed by atoms with Gasteiger partial charge in [-0.25, -0.2) is 21.9 Å². The number of nitrogens with zero attached hydrogens (tertiary/aromatic N) is 1. The Hall–Kier alpha value is -1.25. The van der Waals surface area contributed by atoms with Crippen LogP contribution in [0.5, 0.6) is 0 Å². The van der Waals surface area contributed by atoms with Gasteiger partial charge in [0.25, 0.3) is 0 Å². The minimum absolute atomic E-state index is 0.0541. The molecule has 0 spiro atoms. The number of nitrogens with two attached hydrogens (primary N) is 1. The van der Waals surface area contributed by atoms with Gasteiger partial charge in [0.05, 0.1) is 0 Å². The van der Waals surface area contributed by atoms with E-state index < -0.39 is 26.6 Å². The fraction of sp³-hybridized carbons (Fsp3) is 0.538. The normalized spacial score (nSPS) is 24.2. The highest BCUT2D eigenvalue weighted by Gasteiger charge is 2.31. The first-order chi connectivity index (χ1) is 9.70. The lowest BCUT2D eigenvalue weighted by atomic mass is 9.95. The maximum absolute atomic E-state index is 13.8. The Morgan fingerprint density at radius 3 is 2.43 bits per heavy atom. The molecular weight excluding hydrogens is 300 g/mol. The highest BCUT2D eigenvalue weighted by Crippen LogP contribution is 2.24. The van der Waals surface area contributed by atoms with Crippen molar-refractivity contribution in [1.82, 2.24) is 9.62 Å². The van der Waals surface area contributed by atoms with Crippen molar-refractivity contribution in [2.45, 2.75) is 24.3 Å². The monoisotopic (exact) mass is 319 g/mol. The summed E-state index contributed by atoms with van der Waals surface area (Å²) in [4.78, 5) is 1.11. The molecule has 0 radical (unpaired) electrons. The van der Waals surface area contributed by atoms with Crippen LogP contribution in [-0.2, 0) is 10.0 Å². The molecule has 1 aromatic carbocycles. The zero-order valence-electron chi connectivity index (χ0n) is 11.9. The molecule has 1 fully saturated rings. The van der Waals surface area contributed by atoms with E-state index in [9.17, 15) is 17.2 Å². The first kappa shape index (κ1) is 16.1. The van der Waals surface area contributed by atoms with E-state index in [1.54, 1.807) is 0 Å². The summed E-state index contributed by atoms with van der Waals surface area (Å²) in [6, 6.07) is 1.26. The number of anilines is 1. The van der Waals surface area contributed by atoms with Gasteiger partial charge in [0.15, 0.2) is 4.90 Å². The summed E-state index contributed by atoms with van der Waals surface area (Å²) in [5.74, 6) is -2.31. The summed E-state index contributed by atoms with van der Waals surface area (Å²) in [6.45, 7) is 3.35. The average Bonchev–Trinajstić information content (AvgIpc) is 2.30. The molecule has 1 saturated heterocycles. The maximum atomic E-state index is 13.8. The van der Waals surface area contributed by atoms with Gasteiger partial charge >= 0.3 is 0 Å². The molecule has 21 heavy (non-hydrogen) atoms. The largest absolute Gasteiger partial charge is 0.399 e. The van der Waals surface area contributed by atoms with Gasteiger partial charge in [-0.2, -0.15) is 0 Å². The van der Waals surface area contributed by atoms with E-state index in [-0.39, 0.29) is 17.6 Å². The number of hydrogen-bond acceptors (Lipinski definition) is 4. The van der Waals surface area contributed by atoms with Crippen LogP contribution in [0.4, 0.5) is 14.5 Å². The molecule has 8 heteroatoms. The van der Waals surface area contributed by atoms with Gasteiger partial charge in [0, 0.05) is 18.3 Å². The Labute approximate surface area is 123 Å². The summed E-state index contributed by atoms with van der Waals surface area (Å²) in [6.07, 6.45) is 0.592. The Morgan fingerprint density at radius 2 is 1.90 bits per heavy atom. The van der Waals surface area contributed by atoms with Gasteiger partial charge in [-0.3, -0.25) is 0 Å². The molecule has 1 heterocycles. The van der Waals surface area contributed by atoms with E-state index in [1.807, 2.05) is 14.0 Å². The SMILES string of the molecule is CC1CN(C)CCC1NS(=O)(=O)c1c(F)cc(N)cc1F. The van der Waals surface area contributed by atoms with Crippen LogP contribution in [0.15, 0.2) is 17.0 Å². The molecule has 0 aliphatic carbocycles. The van der Waals surface area contributed by atoms with E-state index in [2.05, 4.69) is 9.62 Å². The molecule has 1 aliphatic rings. The smallest absolute Gasteiger partial charge is 0.246 e. The van der Waals surface area contributed by atoms with Gasteiger partial charge in [-0.1, -0.05) is 6.92 Å². The molecule has 5 nitrogen and oxygen atoms in total. The second-order valence-electron chi connectivity index (χ2n) is 5.57. The van der Waals surface area contributed by atoms with Gasteiger partial charge < -0.3 is 10.6 Å². The first-order valence-corrected chi connectivity index (χ1v) is 8.14. The Bertz CT molecular complexity index is 613. The maximum Gasteiger partial charge on any atom is 0.246 e. The second-order valence-corrected chi connectivity index (χ2v) is 7.22. The topological polar surface area (TPSA) is 75.4 Å². The van der Waals surface area contributed by atoms with Crippen molar-refractivity contribution in [2.75, 3.05) is 25.9 Å². The summed E-state index contributed by atoms with van der Waals surface area (Å²) in [5.41, 5.74) is 5.14. The van der Waals surface area contributed by atoms with Crippen molar-refractivity contribution in [3.8, 4) is 0 Å². The van der Waals surface area contributed by atoms with Crippen LogP contribution in [0.2, 0.25) is 0 Å². The summed E-state index contributed by atoms with van der Waals surface area (Å²) >= 11 is 0. The molecule has 2 rings (SSSR count). The highest BCUT2D eigenvalue weighted by atomic mass is 32.2. The lowest BCUT2D eigenvalue weighted by molar-refractivity contribution is 0.188. The van der Waals surface area contributed by atoms with Gasteiger partial charge in [-0.05, 0) is 38.1 Å². The van der Waals surface area contributed by atoms with Crippen molar-refractivity contribution in [3.05, 3.63) is 23.8 Å². The predicted molar refractivity (Wildman–Crippen MR) is 76.2 cm³/mol. The van der Waals surface area contributed by atoms with Crippen molar-refractivity contribution in [1.29, 1.82) is 0 Å². The fourth-order valence-electron chi connectivity index (χ4n) is 2.62. The zero-order chi connectivity index (χ0) is 15.8. The summed E-state index contributed by atoms with van der Waals surface area (Å²) in [5, 5.41) is 0. The lowest BCUT2D eigenvalue weighted by Gasteiger charge is -2.34. The molecule has 1 aromatic rings. The van der Waals surface area contributed by atoms with Crippen LogP contribution in [0.1, 0.15) is 13.3 Å². The lowest BCUT2D eigenvalue weighted by Crippen LogP contribution is -2.49. The molecule has 2 unspecified atom stereocenters. The van der Waals surface area contributed by atoms with Crippen LogP contribution < -0.4 is 10.5 Å². The number of nitrogen functional groups attached to an aromatic ring is 1. The average molecular weight is 319 g/mol. The second kappa shape index (κ2) is 5.86. The van der Waals surface area contributed by atoms with Crippen LogP contribution in [0.25, 0.3) is 0 Å². The summed E-state index contributed by atoms with van der Waals surface area (Å²) < 4.78 is 54.4. The standard InChI is InChI=1S/C13H19F2N3O2S/c1-8-7-18(2)4-3-12(8)17-21(19,20)13-10(14)5-9(16)6-11(13)15/h5-6,8,12,17H,3-4,7,16H2,1-2H3. The third kappa shape index (κ3) is 3.50. The minimum Gasteiger partial charge on any atom is -0.399 e. The number of nitrogens with one attached hydrogen (secondary N) is 1. The number of likely N-dealkylation sites (tertiary alicyclic amines) is 1.